The second kappa shape index (κ2) is 6.67. The van der Waals surface area contributed by atoms with E-state index in [0.717, 1.165) is 32.4 Å². The largest absolute Gasteiger partial charge is 0.450 e. The van der Waals surface area contributed by atoms with E-state index in [4.69, 9.17) is 4.74 Å². The summed E-state index contributed by atoms with van der Waals surface area (Å²) in [7, 11) is 1.94. The Labute approximate surface area is 92.0 Å². The molecule has 1 unspecified atom stereocenters. The molecule has 1 amide bonds. The third-order valence-electron chi connectivity index (χ3n) is 2.86. The van der Waals surface area contributed by atoms with E-state index in [2.05, 4.69) is 5.32 Å². The van der Waals surface area contributed by atoms with Crippen LogP contribution in [0.2, 0.25) is 0 Å². The number of nitrogens with one attached hydrogen (secondary N) is 1. The minimum atomic E-state index is -0.140. The average Bonchev–Trinajstić information content (AvgIpc) is 2.27. The number of amides is 1. The highest BCUT2D eigenvalue weighted by Gasteiger charge is 2.26. The molecule has 0 bridgehead atoms. The van der Waals surface area contributed by atoms with Crippen molar-refractivity contribution in [2.75, 3.05) is 26.7 Å². The Hall–Kier alpha value is -0.770. The number of likely N-dealkylation sites (tertiary alicyclic amines) is 1. The molecular weight excluding hydrogens is 192 g/mol. The Bertz CT molecular complexity index is 197. The monoisotopic (exact) mass is 214 g/mol. The van der Waals surface area contributed by atoms with E-state index in [1.54, 1.807) is 0 Å². The van der Waals surface area contributed by atoms with Crippen LogP contribution in [0.4, 0.5) is 4.79 Å². The Kier molecular flexibility index (Phi) is 5.47. The van der Waals surface area contributed by atoms with Crippen LogP contribution in [0.1, 0.15) is 32.6 Å². The Morgan fingerprint density at radius 3 is 3.00 bits per heavy atom. The van der Waals surface area contributed by atoms with Gasteiger partial charge in [0.15, 0.2) is 0 Å². The predicted molar refractivity (Wildman–Crippen MR) is 59.9 cm³/mol. The molecule has 1 atom stereocenters. The van der Waals surface area contributed by atoms with Crippen molar-refractivity contribution >= 4 is 6.09 Å². The summed E-state index contributed by atoms with van der Waals surface area (Å²) in [6.07, 6.45) is 4.33. The number of piperidine rings is 1. The highest BCUT2D eigenvalue weighted by Crippen LogP contribution is 2.20. The van der Waals surface area contributed by atoms with E-state index >= 15 is 0 Å². The van der Waals surface area contributed by atoms with Crippen molar-refractivity contribution in [3.05, 3.63) is 0 Å². The summed E-state index contributed by atoms with van der Waals surface area (Å²) in [5.74, 6) is 0. The van der Waals surface area contributed by atoms with Crippen LogP contribution in [0, 0.1) is 0 Å². The van der Waals surface area contributed by atoms with E-state index < -0.39 is 0 Å². The van der Waals surface area contributed by atoms with Crippen LogP contribution in [-0.4, -0.2) is 43.8 Å². The molecule has 1 aliphatic heterocycles. The molecule has 0 aromatic carbocycles. The van der Waals surface area contributed by atoms with Gasteiger partial charge >= 0.3 is 6.09 Å². The average molecular weight is 214 g/mol. The third kappa shape index (κ3) is 3.70. The lowest BCUT2D eigenvalue weighted by Gasteiger charge is -2.34. The number of hydrogen-bond acceptors (Lipinski definition) is 3. The molecule has 1 fully saturated rings. The summed E-state index contributed by atoms with van der Waals surface area (Å²) in [6.45, 7) is 4.13. The number of carbonyl (C=O) groups is 1. The van der Waals surface area contributed by atoms with Crippen molar-refractivity contribution in [2.24, 2.45) is 0 Å². The lowest BCUT2D eigenvalue weighted by molar-refractivity contribution is 0.0747. The molecule has 0 saturated carbocycles. The third-order valence-corrected chi connectivity index (χ3v) is 2.86. The fourth-order valence-corrected chi connectivity index (χ4v) is 2.06. The molecule has 1 aliphatic rings. The number of rotatable bonds is 4. The van der Waals surface area contributed by atoms with Crippen LogP contribution >= 0.6 is 0 Å². The van der Waals surface area contributed by atoms with Gasteiger partial charge in [0.2, 0.25) is 0 Å². The van der Waals surface area contributed by atoms with Crippen LogP contribution < -0.4 is 5.32 Å². The molecule has 0 aliphatic carbocycles. The van der Waals surface area contributed by atoms with Gasteiger partial charge in [-0.3, -0.25) is 0 Å². The first-order valence-corrected chi connectivity index (χ1v) is 5.87. The van der Waals surface area contributed by atoms with Gasteiger partial charge in [-0.15, -0.1) is 0 Å². The summed E-state index contributed by atoms with van der Waals surface area (Å²) in [5, 5.41) is 3.13. The normalized spacial score (nSPS) is 21.5. The van der Waals surface area contributed by atoms with E-state index in [1.807, 2.05) is 18.9 Å². The molecule has 4 heteroatoms. The van der Waals surface area contributed by atoms with Crippen molar-refractivity contribution in [3.8, 4) is 0 Å². The lowest BCUT2D eigenvalue weighted by Crippen LogP contribution is -2.45. The van der Waals surface area contributed by atoms with Gasteiger partial charge < -0.3 is 15.0 Å². The zero-order valence-electron chi connectivity index (χ0n) is 9.79. The van der Waals surface area contributed by atoms with Gasteiger partial charge in [0.25, 0.3) is 0 Å². The molecule has 88 valence electrons. The fourth-order valence-electron chi connectivity index (χ4n) is 2.06. The van der Waals surface area contributed by atoms with Gasteiger partial charge in [-0.25, -0.2) is 4.79 Å². The first-order chi connectivity index (χ1) is 7.29. The molecule has 0 radical (unpaired) electrons. The number of ether oxygens (including phenoxy) is 1. The predicted octanol–water partition coefficient (Wildman–Crippen LogP) is 1.61. The second-order valence-corrected chi connectivity index (χ2v) is 3.93. The first-order valence-electron chi connectivity index (χ1n) is 5.87. The molecule has 1 rings (SSSR count). The molecule has 0 aromatic rings. The Morgan fingerprint density at radius 2 is 2.33 bits per heavy atom. The number of carbonyl (C=O) groups excluding carboxylic acids is 1. The highest BCUT2D eigenvalue weighted by molar-refractivity contribution is 5.68. The molecular formula is C11H22N2O2. The van der Waals surface area contributed by atoms with Gasteiger partial charge in [0, 0.05) is 12.6 Å². The highest BCUT2D eigenvalue weighted by atomic mass is 16.6. The summed E-state index contributed by atoms with van der Waals surface area (Å²) >= 11 is 0. The molecule has 1 saturated heterocycles. The van der Waals surface area contributed by atoms with E-state index in [-0.39, 0.29) is 6.09 Å². The SMILES string of the molecule is CCOC(=O)N1CCCCC1CCNC. The summed E-state index contributed by atoms with van der Waals surface area (Å²) in [6, 6.07) is 0.366. The van der Waals surface area contributed by atoms with Gasteiger partial charge in [-0.2, -0.15) is 0 Å². The topological polar surface area (TPSA) is 41.6 Å². The lowest BCUT2D eigenvalue weighted by atomic mass is 10.00. The van der Waals surface area contributed by atoms with Gasteiger partial charge in [0.05, 0.1) is 6.61 Å². The zero-order valence-corrected chi connectivity index (χ0v) is 9.79. The van der Waals surface area contributed by atoms with Crippen LogP contribution in [0.5, 0.6) is 0 Å². The summed E-state index contributed by atoms with van der Waals surface area (Å²) in [5.41, 5.74) is 0. The second-order valence-electron chi connectivity index (χ2n) is 3.93. The standard InChI is InChI=1S/C11H22N2O2/c1-3-15-11(14)13-9-5-4-6-10(13)7-8-12-2/h10,12H,3-9H2,1-2H3. The first kappa shape index (κ1) is 12.3. The van der Waals surface area contributed by atoms with Crippen molar-refractivity contribution in [1.82, 2.24) is 10.2 Å². The maximum atomic E-state index is 11.7. The molecule has 4 nitrogen and oxygen atoms in total. The van der Waals surface area contributed by atoms with Crippen LogP contribution in [0.15, 0.2) is 0 Å². The quantitative estimate of drug-likeness (QED) is 0.773. The van der Waals surface area contributed by atoms with Crippen molar-refractivity contribution in [3.63, 3.8) is 0 Å². The van der Waals surface area contributed by atoms with Gasteiger partial charge in [0.1, 0.15) is 0 Å². The summed E-state index contributed by atoms with van der Waals surface area (Å²) in [4.78, 5) is 13.5. The smallest absolute Gasteiger partial charge is 0.409 e. The molecule has 1 N–H and O–H groups in total. The summed E-state index contributed by atoms with van der Waals surface area (Å²) < 4.78 is 5.06. The maximum absolute atomic E-state index is 11.7. The minimum absolute atomic E-state index is 0.140. The molecule has 0 spiro atoms. The van der Waals surface area contributed by atoms with Gasteiger partial charge in [-0.1, -0.05) is 0 Å². The van der Waals surface area contributed by atoms with Crippen LogP contribution in [0.25, 0.3) is 0 Å². The Morgan fingerprint density at radius 1 is 1.53 bits per heavy atom. The Balaban J connectivity index is 2.45. The van der Waals surface area contributed by atoms with Crippen molar-refractivity contribution in [2.45, 2.75) is 38.6 Å². The van der Waals surface area contributed by atoms with Crippen LogP contribution in [0.3, 0.4) is 0 Å². The van der Waals surface area contributed by atoms with E-state index in [1.165, 1.54) is 6.42 Å². The van der Waals surface area contributed by atoms with E-state index in [0.29, 0.717) is 12.6 Å². The van der Waals surface area contributed by atoms with E-state index in [9.17, 15) is 4.79 Å². The minimum Gasteiger partial charge on any atom is -0.450 e. The number of nitrogens with zero attached hydrogens (tertiary/aromatic N) is 1. The molecule has 15 heavy (non-hydrogen) atoms. The van der Waals surface area contributed by atoms with Crippen molar-refractivity contribution < 1.29 is 9.53 Å². The molecule has 1 heterocycles. The maximum Gasteiger partial charge on any atom is 0.409 e. The van der Waals surface area contributed by atoms with Gasteiger partial charge in [-0.05, 0) is 46.2 Å². The van der Waals surface area contributed by atoms with Crippen molar-refractivity contribution in [1.29, 1.82) is 0 Å². The van der Waals surface area contributed by atoms with Crippen LogP contribution in [-0.2, 0) is 4.74 Å². The fraction of sp³-hybridized carbons (Fsp3) is 0.909. The molecule has 0 aromatic heterocycles. The number of hydrogen-bond donors (Lipinski definition) is 1. The zero-order chi connectivity index (χ0) is 11.1.